The fraction of sp³-hybridized carbons (Fsp3) is 0.333. The molecule has 1 rings (SSSR count). The first-order valence-electron chi connectivity index (χ1n) is 1.87. The zero-order valence-corrected chi connectivity index (χ0v) is 5.10. The number of aromatic nitrogens is 3. The lowest BCUT2D eigenvalue weighted by Crippen LogP contribution is -2.12. The van der Waals surface area contributed by atoms with Gasteiger partial charge in [0.2, 0.25) is 0 Å². The molecule has 0 aliphatic carbocycles. The predicted octanol–water partition coefficient (Wildman–Crippen LogP) is -0.470. The Morgan fingerprint density at radius 3 is 2.62 bits per heavy atom. The first-order valence-corrected chi connectivity index (χ1v) is 1.87. The topological polar surface area (TPSA) is 50.7 Å². The summed E-state index contributed by atoms with van der Waals surface area (Å²) in [6.45, 7) is 0. The summed E-state index contributed by atoms with van der Waals surface area (Å²) >= 11 is 0. The average molecular weight is 136 g/mol. The number of nitrogens with one attached hydrogen (secondary N) is 1. The van der Waals surface area contributed by atoms with Crippen LogP contribution in [-0.2, 0) is 7.05 Å². The van der Waals surface area contributed by atoms with Gasteiger partial charge in [-0.1, -0.05) is 0 Å². The number of nitrogens with zero attached hydrogens (tertiary/aromatic N) is 2. The zero-order valence-electron chi connectivity index (χ0n) is 4.29. The number of H-pyrrole nitrogens is 1. The summed E-state index contributed by atoms with van der Waals surface area (Å²) in [6, 6.07) is 0. The van der Waals surface area contributed by atoms with Crippen molar-refractivity contribution in [3.8, 4) is 0 Å². The van der Waals surface area contributed by atoms with Crippen LogP contribution < -0.4 is 5.69 Å². The van der Waals surface area contributed by atoms with Crippen molar-refractivity contribution in [2.45, 2.75) is 0 Å². The molecule has 0 bridgehead atoms. The molecule has 0 saturated carbocycles. The molecular formula is C3H6ClN3O. The third-order valence-corrected chi connectivity index (χ3v) is 0.713. The van der Waals surface area contributed by atoms with Gasteiger partial charge in [0.25, 0.3) is 0 Å². The van der Waals surface area contributed by atoms with Gasteiger partial charge in [0.15, 0.2) is 0 Å². The van der Waals surface area contributed by atoms with E-state index in [1.165, 1.54) is 11.0 Å². The van der Waals surface area contributed by atoms with Crippen molar-refractivity contribution >= 4 is 12.4 Å². The SMILES string of the molecule is Cl.Cn1nc[nH]c1=O. The second-order valence-corrected chi connectivity index (χ2v) is 1.22. The molecule has 8 heavy (non-hydrogen) atoms. The molecule has 0 amide bonds. The molecule has 0 fully saturated rings. The monoisotopic (exact) mass is 135 g/mol. The Labute approximate surface area is 51.9 Å². The molecule has 5 heteroatoms. The van der Waals surface area contributed by atoms with E-state index in [0.717, 1.165) is 0 Å². The number of hydrogen-bond acceptors (Lipinski definition) is 2. The Balaban J connectivity index is 0.000000490. The van der Waals surface area contributed by atoms with Crippen LogP contribution in [0.3, 0.4) is 0 Å². The van der Waals surface area contributed by atoms with Crippen LogP contribution in [0.4, 0.5) is 0 Å². The van der Waals surface area contributed by atoms with Gasteiger partial charge >= 0.3 is 5.69 Å². The Bertz CT molecular complexity index is 202. The minimum Gasteiger partial charge on any atom is -0.295 e. The van der Waals surface area contributed by atoms with E-state index in [0.29, 0.717) is 0 Å². The van der Waals surface area contributed by atoms with Gasteiger partial charge in [-0.15, -0.1) is 12.4 Å². The van der Waals surface area contributed by atoms with Crippen LogP contribution in [0.1, 0.15) is 0 Å². The highest BCUT2D eigenvalue weighted by molar-refractivity contribution is 5.85. The fourth-order valence-corrected chi connectivity index (χ4v) is 0.317. The number of halogens is 1. The molecule has 1 aromatic heterocycles. The quantitative estimate of drug-likeness (QED) is 0.523. The number of hydrogen-bond donors (Lipinski definition) is 1. The molecule has 0 saturated heterocycles. The standard InChI is InChI=1S/C3H5N3O.ClH/c1-6-3(7)4-2-5-6;/h2H,1H3,(H,4,5,7);1H. The Kier molecular flexibility index (Phi) is 2.27. The van der Waals surface area contributed by atoms with Crippen molar-refractivity contribution in [1.82, 2.24) is 14.8 Å². The van der Waals surface area contributed by atoms with Crippen LogP contribution in [-0.4, -0.2) is 14.8 Å². The molecule has 0 aliphatic heterocycles. The maximum absolute atomic E-state index is 10.3. The van der Waals surface area contributed by atoms with Crippen LogP contribution in [0, 0.1) is 0 Å². The zero-order chi connectivity index (χ0) is 5.28. The predicted molar refractivity (Wildman–Crippen MR) is 31.1 cm³/mol. The lowest BCUT2D eigenvalue weighted by atomic mass is 11.2. The number of aryl methyl sites for hydroxylation is 1. The molecular weight excluding hydrogens is 130 g/mol. The summed E-state index contributed by atoms with van der Waals surface area (Å²) in [5.74, 6) is 0. The van der Waals surface area contributed by atoms with Crippen molar-refractivity contribution in [1.29, 1.82) is 0 Å². The van der Waals surface area contributed by atoms with Crippen LogP contribution in [0.5, 0.6) is 0 Å². The largest absolute Gasteiger partial charge is 0.342 e. The lowest BCUT2D eigenvalue weighted by Gasteiger charge is -1.74. The molecule has 1 heterocycles. The molecule has 1 aromatic rings. The van der Waals surface area contributed by atoms with Gasteiger partial charge in [-0.3, -0.25) is 4.98 Å². The highest BCUT2D eigenvalue weighted by Crippen LogP contribution is 1.54. The third-order valence-electron chi connectivity index (χ3n) is 0.713. The first-order chi connectivity index (χ1) is 3.30. The molecule has 46 valence electrons. The van der Waals surface area contributed by atoms with E-state index < -0.39 is 0 Å². The molecule has 0 aliphatic rings. The van der Waals surface area contributed by atoms with E-state index in [2.05, 4.69) is 10.1 Å². The summed E-state index contributed by atoms with van der Waals surface area (Å²) in [6.07, 6.45) is 1.35. The van der Waals surface area contributed by atoms with Gasteiger partial charge in [0.1, 0.15) is 6.33 Å². The average Bonchev–Trinajstić information content (AvgIpc) is 1.91. The number of rotatable bonds is 0. The van der Waals surface area contributed by atoms with Crippen molar-refractivity contribution in [3.05, 3.63) is 16.8 Å². The van der Waals surface area contributed by atoms with Gasteiger partial charge in [-0.25, -0.2) is 9.48 Å². The molecule has 1 N–H and O–H groups in total. The molecule has 4 nitrogen and oxygen atoms in total. The second kappa shape index (κ2) is 2.52. The van der Waals surface area contributed by atoms with Crippen LogP contribution in [0.15, 0.2) is 11.1 Å². The van der Waals surface area contributed by atoms with Gasteiger partial charge in [-0.2, -0.15) is 5.10 Å². The summed E-state index contributed by atoms with van der Waals surface area (Å²) < 4.78 is 1.22. The van der Waals surface area contributed by atoms with E-state index in [4.69, 9.17) is 0 Å². The van der Waals surface area contributed by atoms with Crippen LogP contribution >= 0.6 is 12.4 Å². The molecule has 0 spiro atoms. The van der Waals surface area contributed by atoms with Crippen molar-refractivity contribution in [3.63, 3.8) is 0 Å². The Morgan fingerprint density at radius 2 is 2.50 bits per heavy atom. The molecule has 0 unspecified atom stereocenters. The Morgan fingerprint density at radius 1 is 1.88 bits per heavy atom. The maximum atomic E-state index is 10.3. The van der Waals surface area contributed by atoms with Gasteiger partial charge in [0.05, 0.1) is 0 Å². The van der Waals surface area contributed by atoms with E-state index in [-0.39, 0.29) is 18.1 Å². The van der Waals surface area contributed by atoms with Gasteiger partial charge in [0, 0.05) is 7.05 Å². The van der Waals surface area contributed by atoms with Crippen LogP contribution in [0.25, 0.3) is 0 Å². The van der Waals surface area contributed by atoms with Crippen LogP contribution in [0.2, 0.25) is 0 Å². The molecule has 0 radical (unpaired) electrons. The lowest BCUT2D eigenvalue weighted by molar-refractivity contribution is 0.734. The summed E-state index contributed by atoms with van der Waals surface area (Å²) in [5, 5.41) is 3.56. The first kappa shape index (κ1) is 7.23. The van der Waals surface area contributed by atoms with Gasteiger partial charge in [-0.05, 0) is 0 Å². The summed E-state index contributed by atoms with van der Waals surface area (Å²) in [7, 11) is 1.58. The summed E-state index contributed by atoms with van der Waals surface area (Å²) in [4.78, 5) is 12.6. The summed E-state index contributed by atoms with van der Waals surface area (Å²) in [5.41, 5.74) is -0.181. The Hall–Kier alpha value is -0.770. The van der Waals surface area contributed by atoms with Crippen molar-refractivity contribution < 1.29 is 0 Å². The smallest absolute Gasteiger partial charge is 0.295 e. The van der Waals surface area contributed by atoms with Crippen molar-refractivity contribution in [2.75, 3.05) is 0 Å². The van der Waals surface area contributed by atoms with E-state index in [1.807, 2.05) is 0 Å². The maximum Gasteiger partial charge on any atom is 0.342 e. The second-order valence-electron chi connectivity index (χ2n) is 1.22. The van der Waals surface area contributed by atoms with E-state index in [9.17, 15) is 4.79 Å². The molecule has 0 aromatic carbocycles. The van der Waals surface area contributed by atoms with Crippen molar-refractivity contribution in [2.24, 2.45) is 7.05 Å². The van der Waals surface area contributed by atoms with E-state index in [1.54, 1.807) is 7.05 Å². The fourth-order valence-electron chi connectivity index (χ4n) is 0.317. The van der Waals surface area contributed by atoms with Gasteiger partial charge < -0.3 is 0 Å². The highest BCUT2D eigenvalue weighted by atomic mass is 35.5. The minimum absolute atomic E-state index is 0. The normalized spacial score (nSPS) is 8.12. The highest BCUT2D eigenvalue weighted by Gasteiger charge is 1.82. The molecule has 0 atom stereocenters. The number of aromatic amines is 1. The third kappa shape index (κ3) is 1.10. The minimum atomic E-state index is -0.181. The van der Waals surface area contributed by atoms with E-state index >= 15 is 0 Å².